The van der Waals surface area contributed by atoms with Gasteiger partial charge in [0.25, 0.3) is 0 Å². The van der Waals surface area contributed by atoms with Gasteiger partial charge in [-0.25, -0.2) is 9.18 Å². The maximum Gasteiger partial charge on any atom is 0.410 e. The van der Waals surface area contributed by atoms with Crippen LogP contribution in [0, 0.1) is 5.82 Å². The number of nitrogens with one attached hydrogen (secondary N) is 1. The molecular formula is C19H27FN2O3. The van der Waals surface area contributed by atoms with Crippen molar-refractivity contribution in [1.82, 2.24) is 10.2 Å². The fourth-order valence-corrected chi connectivity index (χ4v) is 3.40. The zero-order chi connectivity index (χ0) is 18.1. The molecule has 25 heavy (non-hydrogen) atoms. The fraction of sp³-hybridized carbons (Fsp3) is 0.632. The van der Waals surface area contributed by atoms with Crippen LogP contribution in [0.25, 0.3) is 0 Å². The fourth-order valence-electron chi connectivity index (χ4n) is 3.40. The molecule has 3 rings (SSSR count). The molecule has 0 aromatic heterocycles. The van der Waals surface area contributed by atoms with Crippen molar-refractivity contribution in [2.24, 2.45) is 0 Å². The third-order valence-electron chi connectivity index (χ3n) is 4.74. The van der Waals surface area contributed by atoms with Gasteiger partial charge in [0.2, 0.25) is 0 Å². The minimum Gasteiger partial charge on any atom is -0.444 e. The number of carbonyl (C=O) groups excluding carboxylic acids is 1. The summed E-state index contributed by atoms with van der Waals surface area (Å²) in [5.74, 6) is -0.243. The van der Waals surface area contributed by atoms with Crippen LogP contribution in [-0.4, -0.2) is 48.4 Å². The van der Waals surface area contributed by atoms with Gasteiger partial charge in [0.15, 0.2) is 0 Å². The number of ether oxygens (including phenoxy) is 2. The molecule has 138 valence electrons. The second kappa shape index (κ2) is 6.92. The molecule has 0 aliphatic carbocycles. The van der Waals surface area contributed by atoms with Gasteiger partial charge in [-0.3, -0.25) is 0 Å². The summed E-state index contributed by atoms with van der Waals surface area (Å²) >= 11 is 0. The number of halogens is 1. The van der Waals surface area contributed by atoms with Crippen LogP contribution in [0.5, 0.6) is 0 Å². The van der Waals surface area contributed by atoms with Crippen LogP contribution in [0.3, 0.4) is 0 Å². The van der Waals surface area contributed by atoms with Gasteiger partial charge in [-0.05, 0) is 51.3 Å². The first kappa shape index (κ1) is 18.1. The van der Waals surface area contributed by atoms with Crippen molar-refractivity contribution >= 4 is 6.09 Å². The molecular weight excluding hydrogens is 323 g/mol. The number of hydrogen-bond donors (Lipinski definition) is 1. The quantitative estimate of drug-likeness (QED) is 0.845. The van der Waals surface area contributed by atoms with Crippen molar-refractivity contribution in [1.29, 1.82) is 0 Å². The number of amides is 1. The average Bonchev–Trinajstić information content (AvgIpc) is 2.54. The van der Waals surface area contributed by atoms with Gasteiger partial charge in [0, 0.05) is 26.2 Å². The number of benzene rings is 1. The highest BCUT2D eigenvalue weighted by Crippen LogP contribution is 2.35. The van der Waals surface area contributed by atoms with E-state index in [1.165, 1.54) is 12.1 Å². The summed E-state index contributed by atoms with van der Waals surface area (Å²) in [6, 6.07) is 6.48. The molecule has 0 radical (unpaired) electrons. The van der Waals surface area contributed by atoms with E-state index in [0.717, 1.165) is 24.9 Å². The molecule has 1 spiro atoms. The highest BCUT2D eigenvalue weighted by molar-refractivity contribution is 5.68. The molecule has 2 heterocycles. The van der Waals surface area contributed by atoms with Gasteiger partial charge in [0.05, 0.1) is 11.7 Å². The smallest absolute Gasteiger partial charge is 0.410 e. The average molecular weight is 350 g/mol. The van der Waals surface area contributed by atoms with Crippen LogP contribution in [0.1, 0.15) is 45.3 Å². The second-order valence-corrected chi connectivity index (χ2v) is 7.94. The first-order valence-corrected chi connectivity index (χ1v) is 8.88. The van der Waals surface area contributed by atoms with Gasteiger partial charge in [0.1, 0.15) is 11.4 Å². The Morgan fingerprint density at radius 1 is 1.28 bits per heavy atom. The van der Waals surface area contributed by atoms with E-state index >= 15 is 0 Å². The first-order chi connectivity index (χ1) is 11.8. The minimum absolute atomic E-state index is 0.0950. The van der Waals surface area contributed by atoms with Crippen molar-refractivity contribution in [3.05, 3.63) is 35.6 Å². The maximum absolute atomic E-state index is 13.1. The van der Waals surface area contributed by atoms with Crippen molar-refractivity contribution in [3.8, 4) is 0 Å². The van der Waals surface area contributed by atoms with E-state index in [0.29, 0.717) is 19.6 Å². The third-order valence-corrected chi connectivity index (χ3v) is 4.74. The zero-order valence-corrected chi connectivity index (χ0v) is 15.2. The number of morpholine rings is 1. The Bertz CT molecular complexity index is 604. The molecule has 0 bridgehead atoms. The lowest BCUT2D eigenvalue weighted by Gasteiger charge is -2.46. The van der Waals surface area contributed by atoms with E-state index < -0.39 is 5.60 Å². The molecule has 1 aromatic rings. The van der Waals surface area contributed by atoms with Crippen LogP contribution in [0.2, 0.25) is 0 Å². The highest BCUT2D eigenvalue weighted by Gasteiger charge is 2.42. The zero-order valence-electron chi connectivity index (χ0n) is 15.2. The standard InChI is InChI=1S/C19H27FN2O3/c1-18(2,3)25-17(23)22-10-8-19(9-11-22)13-21-12-16(24-19)14-4-6-15(20)7-5-14/h4-7,16,21H,8-13H2,1-3H3. The Morgan fingerprint density at radius 2 is 1.92 bits per heavy atom. The summed E-state index contributed by atoms with van der Waals surface area (Å²) in [6.45, 7) is 8.34. The number of piperidine rings is 1. The van der Waals surface area contributed by atoms with Crippen molar-refractivity contribution in [2.75, 3.05) is 26.2 Å². The Hall–Kier alpha value is -1.66. The van der Waals surface area contributed by atoms with Crippen LogP contribution >= 0.6 is 0 Å². The minimum atomic E-state index is -0.483. The van der Waals surface area contributed by atoms with Gasteiger partial charge in [-0.15, -0.1) is 0 Å². The van der Waals surface area contributed by atoms with E-state index in [1.807, 2.05) is 20.8 Å². The number of rotatable bonds is 1. The maximum atomic E-state index is 13.1. The van der Waals surface area contributed by atoms with Gasteiger partial charge in [-0.1, -0.05) is 12.1 Å². The second-order valence-electron chi connectivity index (χ2n) is 7.94. The van der Waals surface area contributed by atoms with Gasteiger partial charge >= 0.3 is 6.09 Å². The molecule has 0 saturated carbocycles. The highest BCUT2D eigenvalue weighted by atomic mass is 19.1. The van der Waals surface area contributed by atoms with Crippen LogP contribution in [0.4, 0.5) is 9.18 Å². The number of nitrogens with zero attached hydrogens (tertiary/aromatic N) is 1. The van der Waals surface area contributed by atoms with E-state index in [4.69, 9.17) is 9.47 Å². The molecule has 2 saturated heterocycles. The predicted octanol–water partition coefficient (Wildman–Crippen LogP) is 3.26. The number of hydrogen-bond acceptors (Lipinski definition) is 4. The number of carbonyl (C=O) groups is 1. The Labute approximate surface area is 148 Å². The lowest BCUT2D eigenvalue weighted by atomic mass is 9.89. The summed E-state index contributed by atoms with van der Waals surface area (Å²) in [7, 11) is 0. The molecule has 2 aliphatic heterocycles. The lowest BCUT2D eigenvalue weighted by molar-refractivity contribution is -0.142. The summed E-state index contributed by atoms with van der Waals surface area (Å²) in [4.78, 5) is 14.0. The topological polar surface area (TPSA) is 50.8 Å². The van der Waals surface area contributed by atoms with Crippen molar-refractivity contribution in [3.63, 3.8) is 0 Å². The van der Waals surface area contributed by atoms with Gasteiger partial charge in [-0.2, -0.15) is 0 Å². The van der Waals surface area contributed by atoms with E-state index in [-0.39, 0.29) is 23.6 Å². The molecule has 6 heteroatoms. The summed E-state index contributed by atoms with van der Waals surface area (Å²) in [5, 5.41) is 3.44. The molecule has 1 N–H and O–H groups in total. The van der Waals surface area contributed by atoms with Crippen LogP contribution in [0.15, 0.2) is 24.3 Å². The molecule has 2 fully saturated rings. The predicted molar refractivity (Wildman–Crippen MR) is 92.9 cm³/mol. The van der Waals surface area contributed by atoms with Crippen LogP contribution < -0.4 is 5.32 Å². The lowest BCUT2D eigenvalue weighted by Crippen LogP contribution is -2.57. The molecule has 2 aliphatic rings. The SMILES string of the molecule is CC(C)(C)OC(=O)N1CCC2(CC1)CNCC(c1ccc(F)cc1)O2. The van der Waals surface area contributed by atoms with Crippen molar-refractivity contribution < 1.29 is 18.7 Å². The number of likely N-dealkylation sites (tertiary alicyclic amines) is 1. The molecule has 1 unspecified atom stereocenters. The van der Waals surface area contributed by atoms with Crippen LogP contribution in [-0.2, 0) is 9.47 Å². The normalized spacial score (nSPS) is 23.5. The molecule has 1 amide bonds. The van der Waals surface area contributed by atoms with Crippen molar-refractivity contribution in [2.45, 2.75) is 50.9 Å². The summed E-state index contributed by atoms with van der Waals surface area (Å²) in [5.41, 5.74) is 0.209. The largest absolute Gasteiger partial charge is 0.444 e. The summed E-state index contributed by atoms with van der Waals surface area (Å²) in [6.07, 6.45) is 1.16. The molecule has 1 atom stereocenters. The molecule has 5 nitrogen and oxygen atoms in total. The Balaban J connectivity index is 1.60. The Kier molecular flexibility index (Phi) is 5.02. The van der Waals surface area contributed by atoms with Gasteiger partial charge < -0.3 is 19.7 Å². The van der Waals surface area contributed by atoms with E-state index in [1.54, 1.807) is 17.0 Å². The van der Waals surface area contributed by atoms with E-state index in [2.05, 4.69) is 5.32 Å². The van der Waals surface area contributed by atoms with E-state index in [9.17, 15) is 9.18 Å². The summed E-state index contributed by atoms with van der Waals surface area (Å²) < 4.78 is 25.0. The Morgan fingerprint density at radius 3 is 2.52 bits per heavy atom. The first-order valence-electron chi connectivity index (χ1n) is 8.88. The molecule has 1 aromatic carbocycles. The third kappa shape index (κ3) is 4.50. The monoisotopic (exact) mass is 350 g/mol.